The lowest BCUT2D eigenvalue weighted by molar-refractivity contribution is 0.602. The summed E-state index contributed by atoms with van der Waals surface area (Å²) >= 11 is 0. The first kappa shape index (κ1) is 12.7. The van der Waals surface area contributed by atoms with Gasteiger partial charge in [-0.2, -0.15) is 5.10 Å². The van der Waals surface area contributed by atoms with Gasteiger partial charge in [0.25, 0.3) is 0 Å². The van der Waals surface area contributed by atoms with Gasteiger partial charge in [-0.15, -0.1) is 0 Å². The van der Waals surface area contributed by atoms with Crippen LogP contribution in [0.4, 0.5) is 0 Å². The molecule has 1 atom stereocenters. The van der Waals surface area contributed by atoms with Gasteiger partial charge >= 0.3 is 0 Å². The average Bonchev–Trinajstić information content (AvgIpc) is 2.91. The van der Waals surface area contributed by atoms with E-state index in [4.69, 9.17) is 0 Å². The number of hydrogen-bond donors (Lipinski definition) is 1. The molecule has 0 saturated carbocycles. The van der Waals surface area contributed by atoms with Crippen molar-refractivity contribution in [3.63, 3.8) is 0 Å². The molecule has 0 amide bonds. The molecule has 2 aromatic heterocycles. The Morgan fingerprint density at radius 2 is 2.05 bits per heavy atom. The summed E-state index contributed by atoms with van der Waals surface area (Å²) in [5.74, 6) is 0. The molecule has 3 aromatic rings. The van der Waals surface area contributed by atoms with Crippen LogP contribution in [0.2, 0.25) is 0 Å². The molecule has 0 aliphatic heterocycles. The van der Waals surface area contributed by atoms with E-state index in [0.717, 1.165) is 28.8 Å². The number of aromatic nitrogens is 4. The van der Waals surface area contributed by atoms with Crippen LogP contribution in [0.15, 0.2) is 42.9 Å². The van der Waals surface area contributed by atoms with Crippen molar-refractivity contribution in [2.75, 3.05) is 6.54 Å². The van der Waals surface area contributed by atoms with Crippen LogP contribution in [0, 0.1) is 0 Å². The lowest BCUT2D eigenvalue weighted by Gasteiger charge is -2.17. The summed E-state index contributed by atoms with van der Waals surface area (Å²) in [6, 6.07) is 8.13. The predicted octanol–water partition coefficient (Wildman–Crippen LogP) is 2.06. The van der Waals surface area contributed by atoms with Crippen LogP contribution >= 0.6 is 0 Å². The van der Waals surface area contributed by atoms with Gasteiger partial charge in [-0.25, -0.2) is 0 Å². The second-order valence-corrected chi connectivity index (χ2v) is 4.68. The Morgan fingerprint density at radius 1 is 1.20 bits per heavy atom. The normalized spacial score (nSPS) is 12.7. The van der Waals surface area contributed by atoms with Crippen LogP contribution in [-0.2, 0) is 7.05 Å². The number of fused-ring (bicyclic) bond motifs is 1. The van der Waals surface area contributed by atoms with Crippen molar-refractivity contribution in [1.29, 1.82) is 0 Å². The van der Waals surface area contributed by atoms with Crippen molar-refractivity contribution < 1.29 is 0 Å². The highest BCUT2D eigenvalue weighted by molar-refractivity contribution is 5.78. The van der Waals surface area contributed by atoms with E-state index in [9.17, 15) is 0 Å². The summed E-state index contributed by atoms with van der Waals surface area (Å²) in [7, 11) is 1.93. The third-order valence-electron chi connectivity index (χ3n) is 3.28. The third-order valence-corrected chi connectivity index (χ3v) is 3.28. The molecule has 0 radical (unpaired) electrons. The lowest BCUT2D eigenvalue weighted by Crippen LogP contribution is -2.23. The van der Waals surface area contributed by atoms with Crippen molar-refractivity contribution in [2.24, 2.45) is 7.05 Å². The minimum atomic E-state index is 0.0293. The zero-order valence-corrected chi connectivity index (χ0v) is 11.6. The first-order valence-corrected chi connectivity index (χ1v) is 6.72. The zero-order valence-electron chi connectivity index (χ0n) is 11.6. The molecule has 0 bridgehead atoms. The molecular formula is C15H17N5. The second-order valence-electron chi connectivity index (χ2n) is 4.68. The Labute approximate surface area is 117 Å². The Balaban J connectivity index is 2.14. The fourth-order valence-corrected chi connectivity index (χ4v) is 2.41. The van der Waals surface area contributed by atoms with E-state index in [-0.39, 0.29) is 6.04 Å². The van der Waals surface area contributed by atoms with Gasteiger partial charge in [0, 0.05) is 31.2 Å². The summed E-state index contributed by atoms with van der Waals surface area (Å²) in [6.45, 7) is 2.95. The third kappa shape index (κ3) is 2.28. The molecule has 20 heavy (non-hydrogen) atoms. The minimum absolute atomic E-state index is 0.0293. The quantitative estimate of drug-likeness (QED) is 0.786. The molecular weight excluding hydrogens is 250 g/mol. The number of para-hydroxylation sites is 1. The number of rotatable bonds is 4. The largest absolute Gasteiger partial charge is 0.305 e. The maximum absolute atomic E-state index is 4.52. The fourth-order valence-electron chi connectivity index (χ4n) is 2.41. The summed E-state index contributed by atoms with van der Waals surface area (Å²) < 4.78 is 1.82. The number of nitrogens with one attached hydrogen (secondary N) is 1. The maximum atomic E-state index is 4.52. The van der Waals surface area contributed by atoms with E-state index >= 15 is 0 Å². The Kier molecular flexibility index (Phi) is 3.43. The van der Waals surface area contributed by atoms with Crippen LogP contribution in [0.25, 0.3) is 11.0 Å². The lowest BCUT2D eigenvalue weighted by atomic mass is 10.0. The number of nitrogens with zero attached hydrogens (tertiary/aromatic N) is 4. The maximum Gasteiger partial charge on any atom is 0.0938 e. The first-order valence-electron chi connectivity index (χ1n) is 6.72. The highest BCUT2D eigenvalue weighted by atomic mass is 15.3. The molecule has 5 nitrogen and oxygen atoms in total. The highest BCUT2D eigenvalue weighted by Gasteiger charge is 2.18. The van der Waals surface area contributed by atoms with Crippen LogP contribution in [0.1, 0.15) is 24.2 Å². The van der Waals surface area contributed by atoms with Gasteiger partial charge in [0.05, 0.1) is 22.8 Å². The molecule has 102 valence electrons. The molecule has 0 aliphatic rings. The molecule has 0 aliphatic carbocycles. The molecule has 0 fully saturated rings. The topological polar surface area (TPSA) is 55.6 Å². The van der Waals surface area contributed by atoms with Gasteiger partial charge in [-0.05, 0) is 18.7 Å². The standard InChI is InChI=1S/C15H17N5/c1-3-16-15(13-7-10-20(2)19-13)11-5-4-6-12-14(11)18-9-8-17-12/h4-10,15-16H,3H2,1-2H3. The number of aryl methyl sites for hydroxylation is 1. The molecule has 0 saturated heterocycles. The SMILES string of the molecule is CCNC(c1ccn(C)n1)c1cccc2nccnc12. The Bertz CT molecular complexity index is 714. The number of benzene rings is 1. The molecule has 2 heterocycles. The number of hydrogen-bond acceptors (Lipinski definition) is 4. The first-order chi connectivity index (χ1) is 9.79. The van der Waals surface area contributed by atoms with E-state index in [0.29, 0.717) is 0 Å². The van der Waals surface area contributed by atoms with Crippen molar-refractivity contribution in [3.05, 3.63) is 54.1 Å². The van der Waals surface area contributed by atoms with Crippen LogP contribution in [-0.4, -0.2) is 26.3 Å². The zero-order chi connectivity index (χ0) is 13.9. The Morgan fingerprint density at radius 3 is 2.80 bits per heavy atom. The van der Waals surface area contributed by atoms with Crippen LogP contribution in [0.5, 0.6) is 0 Å². The molecule has 3 rings (SSSR count). The highest BCUT2D eigenvalue weighted by Crippen LogP contribution is 2.25. The summed E-state index contributed by atoms with van der Waals surface area (Å²) in [4.78, 5) is 8.85. The van der Waals surface area contributed by atoms with Gasteiger partial charge in [0.15, 0.2) is 0 Å². The molecule has 1 aromatic carbocycles. The smallest absolute Gasteiger partial charge is 0.0938 e. The van der Waals surface area contributed by atoms with Gasteiger partial charge in [0.2, 0.25) is 0 Å². The summed E-state index contributed by atoms with van der Waals surface area (Å²) in [5, 5.41) is 8.00. The monoisotopic (exact) mass is 267 g/mol. The predicted molar refractivity (Wildman–Crippen MR) is 78.3 cm³/mol. The molecule has 1 N–H and O–H groups in total. The second kappa shape index (κ2) is 5.38. The average molecular weight is 267 g/mol. The Hall–Kier alpha value is -2.27. The van der Waals surface area contributed by atoms with E-state index < -0.39 is 0 Å². The van der Waals surface area contributed by atoms with Gasteiger partial charge in [-0.1, -0.05) is 19.1 Å². The van der Waals surface area contributed by atoms with Crippen LogP contribution < -0.4 is 5.32 Å². The van der Waals surface area contributed by atoms with E-state index in [1.807, 2.05) is 36.1 Å². The van der Waals surface area contributed by atoms with Crippen molar-refractivity contribution >= 4 is 11.0 Å². The van der Waals surface area contributed by atoms with Gasteiger partial charge < -0.3 is 5.32 Å². The van der Waals surface area contributed by atoms with E-state index in [2.05, 4.69) is 33.4 Å². The summed E-state index contributed by atoms with van der Waals surface area (Å²) in [6.07, 6.45) is 5.40. The van der Waals surface area contributed by atoms with Crippen molar-refractivity contribution in [3.8, 4) is 0 Å². The van der Waals surface area contributed by atoms with E-state index in [1.165, 1.54) is 0 Å². The summed E-state index contributed by atoms with van der Waals surface area (Å²) in [5.41, 5.74) is 3.93. The van der Waals surface area contributed by atoms with E-state index in [1.54, 1.807) is 12.4 Å². The van der Waals surface area contributed by atoms with Gasteiger partial charge in [0.1, 0.15) is 0 Å². The fraction of sp³-hybridized carbons (Fsp3) is 0.267. The molecule has 5 heteroatoms. The van der Waals surface area contributed by atoms with Crippen molar-refractivity contribution in [2.45, 2.75) is 13.0 Å². The van der Waals surface area contributed by atoms with Crippen molar-refractivity contribution in [1.82, 2.24) is 25.1 Å². The molecule has 1 unspecified atom stereocenters. The molecule has 0 spiro atoms. The van der Waals surface area contributed by atoms with Gasteiger partial charge in [-0.3, -0.25) is 14.6 Å². The van der Waals surface area contributed by atoms with Crippen LogP contribution in [0.3, 0.4) is 0 Å². The minimum Gasteiger partial charge on any atom is -0.305 e.